The summed E-state index contributed by atoms with van der Waals surface area (Å²) in [5.74, 6) is 2.44. The average molecular weight is 346 g/mol. The molecular weight excluding hydrogens is 316 g/mol. The van der Waals surface area contributed by atoms with Crippen LogP contribution in [0.5, 0.6) is 0 Å². The van der Waals surface area contributed by atoms with Gasteiger partial charge >= 0.3 is 0 Å². The topological polar surface area (TPSA) is 71.7 Å². The lowest BCUT2D eigenvalue weighted by atomic mass is 9.91. The number of hydrogen-bond acceptors (Lipinski definition) is 6. The van der Waals surface area contributed by atoms with Crippen LogP contribution in [0.15, 0.2) is 10.3 Å². The highest BCUT2D eigenvalue weighted by Crippen LogP contribution is 2.47. The molecule has 0 aromatic carbocycles. The Morgan fingerprint density at radius 2 is 1.16 bits per heavy atom. The molecular formula is C19H30N4O2. The second kappa shape index (κ2) is 6.23. The molecule has 0 amide bonds. The molecule has 5 fully saturated rings. The Morgan fingerprint density at radius 3 is 1.60 bits per heavy atom. The van der Waals surface area contributed by atoms with E-state index in [1.54, 1.807) is 0 Å². The Balaban J connectivity index is 1.30. The third kappa shape index (κ3) is 2.44. The molecule has 1 saturated heterocycles. The molecule has 6 nitrogen and oxygen atoms in total. The normalized spacial score (nSPS) is 48.0. The van der Waals surface area contributed by atoms with Crippen LogP contribution in [0.3, 0.4) is 0 Å². The average Bonchev–Trinajstić information content (AvgIpc) is 3.39. The highest BCUT2D eigenvalue weighted by atomic mass is 16.4. The zero-order valence-electron chi connectivity index (χ0n) is 14.9. The molecule has 0 aromatic heterocycles. The van der Waals surface area contributed by atoms with E-state index >= 15 is 0 Å². The van der Waals surface area contributed by atoms with E-state index in [2.05, 4.69) is 20.1 Å². The molecule has 5 aliphatic rings. The fourth-order valence-electron chi connectivity index (χ4n) is 6.88. The van der Waals surface area contributed by atoms with Crippen LogP contribution >= 0.6 is 0 Å². The van der Waals surface area contributed by atoms with E-state index in [0.29, 0.717) is 35.8 Å². The Morgan fingerprint density at radius 1 is 0.680 bits per heavy atom. The van der Waals surface area contributed by atoms with Crippen LogP contribution in [0.4, 0.5) is 0 Å². The maximum atomic E-state index is 9.53. The first-order chi connectivity index (χ1) is 12.3. The molecule has 0 spiro atoms. The molecule has 6 unspecified atom stereocenters. The summed E-state index contributed by atoms with van der Waals surface area (Å²) in [4.78, 5) is 5.17. The predicted octanol–water partition coefficient (Wildman–Crippen LogP) is 2.25. The third-order valence-corrected chi connectivity index (χ3v) is 7.86. The Labute approximate surface area is 149 Å². The first-order valence-corrected chi connectivity index (χ1v) is 10.2. The fraction of sp³-hybridized carbons (Fsp3) is 0.895. The second-order valence-electron chi connectivity index (χ2n) is 8.91. The van der Waals surface area contributed by atoms with Crippen molar-refractivity contribution in [1.82, 2.24) is 9.80 Å². The van der Waals surface area contributed by atoms with Crippen LogP contribution in [-0.2, 0) is 0 Å². The zero-order chi connectivity index (χ0) is 17.0. The van der Waals surface area contributed by atoms with Crippen molar-refractivity contribution in [3.63, 3.8) is 0 Å². The van der Waals surface area contributed by atoms with Gasteiger partial charge in [0, 0.05) is 38.0 Å². The third-order valence-electron chi connectivity index (χ3n) is 7.86. The van der Waals surface area contributed by atoms with Gasteiger partial charge in [0.2, 0.25) is 0 Å². The maximum Gasteiger partial charge on any atom is 0.0775 e. The summed E-state index contributed by atoms with van der Waals surface area (Å²) in [7, 11) is 0. The van der Waals surface area contributed by atoms with Crippen molar-refractivity contribution in [3.8, 4) is 0 Å². The van der Waals surface area contributed by atoms with Crippen molar-refractivity contribution in [1.29, 1.82) is 0 Å². The summed E-state index contributed by atoms with van der Waals surface area (Å²) < 4.78 is 0. The standard InChI is InChI=1S/C19H30N4O2/c24-20-16-12-2-4-14(10-12)18(16)22-6-1-7-23(9-8-22)19-15-5-3-13(11-15)17(19)21-25/h12-15,18-19,24-25H,1-11H2/b20-16+,21-17+. The number of rotatable bonds is 2. The highest BCUT2D eigenvalue weighted by Gasteiger charge is 2.50. The number of hydrogen-bond donors (Lipinski definition) is 2. The summed E-state index contributed by atoms with van der Waals surface area (Å²) in [6, 6.07) is 0.740. The van der Waals surface area contributed by atoms with Gasteiger partial charge in [-0.3, -0.25) is 9.80 Å². The van der Waals surface area contributed by atoms with Crippen molar-refractivity contribution in [2.75, 3.05) is 26.2 Å². The first-order valence-electron chi connectivity index (χ1n) is 10.2. The van der Waals surface area contributed by atoms with E-state index in [-0.39, 0.29) is 0 Å². The molecule has 6 atom stereocenters. The quantitative estimate of drug-likeness (QED) is 0.594. The van der Waals surface area contributed by atoms with Gasteiger partial charge in [-0.1, -0.05) is 10.3 Å². The molecule has 2 N–H and O–H groups in total. The lowest BCUT2D eigenvalue weighted by Crippen LogP contribution is -2.49. The van der Waals surface area contributed by atoms with Crippen LogP contribution < -0.4 is 0 Å². The van der Waals surface area contributed by atoms with Gasteiger partial charge < -0.3 is 10.4 Å². The smallest absolute Gasteiger partial charge is 0.0775 e. The van der Waals surface area contributed by atoms with Crippen LogP contribution in [0.2, 0.25) is 0 Å². The largest absolute Gasteiger partial charge is 0.411 e. The lowest BCUT2D eigenvalue weighted by molar-refractivity contribution is 0.173. The molecule has 0 radical (unpaired) electrons. The van der Waals surface area contributed by atoms with Crippen molar-refractivity contribution in [2.24, 2.45) is 34.0 Å². The Bertz CT molecular complexity index is 542. The predicted molar refractivity (Wildman–Crippen MR) is 95.4 cm³/mol. The molecule has 0 aromatic rings. The van der Waals surface area contributed by atoms with E-state index < -0.39 is 0 Å². The summed E-state index contributed by atoms with van der Waals surface area (Å²) in [6.07, 6.45) is 8.60. The lowest BCUT2D eigenvalue weighted by Gasteiger charge is -2.35. The van der Waals surface area contributed by atoms with Gasteiger partial charge in [-0.2, -0.15) is 0 Å². The minimum atomic E-state index is 0.370. The van der Waals surface area contributed by atoms with E-state index in [4.69, 9.17) is 0 Å². The second-order valence-corrected chi connectivity index (χ2v) is 8.91. The van der Waals surface area contributed by atoms with Crippen molar-refractivity contribution in [2.45, 2.75) is 57.0 Å². The molecule has 4 saturated carbocycles. The van der Waals surface area contributed by atoms with Gasteiger partial charge in [0.25, 0.3) is 0 Å². The molecule has 25 heavy (non-hydrogen) atoms. The van der Waals surface area contributed by atoms with Crippen LogP contribution in [-0.4, -0.2) is 69.9 Å². The minimum absolute atomic E-state index is 0.370. The van der Waals surface area contributed by atoms with E-state index in [9.17, 15) is 10.4 Å². The van der Waals surface area contributed by atoms with Crippen molar-refractivity contribution in [3.05, 3.63) is 0 Å². The molecule has 4 bridgehead atoms. The monoisotopic (exact) mass is 346 g/mol. The number of oxime groups is 2. The zero-order valence-corrected chi connectivity index (χ0v) is 14.9. The Kier molecular flexibility index (Phi) is 4.01. The molecule has 1 aliphatic heterocycles. The fourth-order valence-corrected chi connectivity index (χ4v) is 6.88. The van der Waals surface area contributed by atoms with E-state index in [1.807, 2.05) is 0 Å². The minimum Gasteiger partial charge on any atom is -0.411 e. The number of nitrogens with zero attached hydrogens (tertiary/aromatic N) is 4. The van der Waals surface area contributed by atoms with Crippen LogP contribution in [0, 0.1) is 23.7 Å². The number of fused-ring (bicyclic) bond motifs is 4. The summed E-state index contributed by atoms with van der Waals surface area (Å²) in [5.41, 5.74) is 2.12. The van der Waals surface area contributed by atoms with Crippen molar-refractivity contribution < 1.29 is 10.4 Å². The summed E-state index contributed by atoms with van der Waals surface area (Å²) in [5, 5.41) is 26.5. The van der Waals surface area contributed by atoms with Crippen LogP contribution in [0.25, 0.3) is 0 Å². The Hall–Kier alpha value is -1.14. The van der Waals surface area contributed by atoms with Gasteiger partial charge in [-0.15, -0.1) is 0 Å². The van der Waals surface area contributed by atoms with Gasteiger partial charge in [0.1, 0.15) is 0 Å². The SMILES string of the molecule is O/N=C1\C2CCC(C2)C1N1CCCN(C2/C(=N/O)C3CCC2C3)CC1. The summed E-state index contributed by atoms with van der Waals surface area (Å²) >= 11 is 0. The maximum absolute atomic E-state index is 9.53. The summed E-state index contributed by atoms with van der Waals surface area (Å²) in [6.45, 7) is 4.27. The molecule has 138 valence electrons. The van der Waals surface area contributed by atoms with Gasteiger partial charge in [-0.05, 0) is 56.8 Å². The van der Waals surface area contributed by atoms with Gasteiger partial charge in [0.15, 0.2) is 0 Å². The van der Waals surface area contributed by atoms with Gasteiger partial charge in [-0.25, -0.2) is 0 Å². The van der Waals surface area contributed by atoms with Gasteiger partial charge in [0.05, 0.1) is 23.5 Å². The van der Waals surface area contributed by atoms with Crippen molar-refractivity contribution >= 4 is 11.4 Å². The molecule has 5 rings (SSSR count). The first kappa shape index (κ1) is 16.1. The molecule has 6 heteroatoms. The molecule has 1 heterocycles. The van der Waals surface area contributed by atoms with E-state index in [0.717, 1.165) is 44.0 Å². The van der Waals surface area contributed by atoms with E-state index in [1.165, 1.54) is 38.5 Å². The highest BCUT2D eigenvalue weighted by molar-refractivity contribution is 5.95. The van der Waals surface area contributed by atoms with Crippen LogP contribution in [0.1, 0.15) is 44.9 Å². The molecule has 4 aliphatic carbocycles.